The summed E-state index contributed by atoms with van der Waals surface area (Å²) in [6.07, 6.45) is 0. The molecule has 0 radical (unpaired) electrons. The molecule has 30 heavy (non-hydrogen) atoms. The summed E-state index contributed by atoms with van der Waals surface area (Å²) in [5.41, 5.74) is 1.18. The van der Waals surface area contributed by atoms with Crippen LogP contribution in [0.5, 0.6) is 23.0 Å². The van der Waals surface area contributed by atoms with Gasteiger partial charge in [0, 0.05) is 5.39 Å². The maximum absolute atomic E-state index is 13.1. The molecule has 0 saturated carbocycles. The van der Waals surface area contributed by atoms with E-state index in [0.29, 0.717) is 28.4 Å². The van der Waals surface area contributed by atoms with Crippen molar-refractivity contribution in [2.24, 2.45) is 0 Å². The number of furan rings is 1. The van der Waals surface area contributed by atoms with Gasteiger partial charge >= 0.3 is 5.97 Å². The van der Waals surface area contributed by atoms with Crippen molar-refractivity contribution in [1.82, 2.24) is 0 Å². The molecule has 0 fully saturated rings. The molecule has 4 aromatic rings. The Balaban J connectivity index is 1.69. The second kappa shape index (κ2) is 8.61. The molecule has 0 aliphatic rings. The number of benzene rings is 3. The van der Waals surface area contributed by atoms with E-state index >= 15 is 0 Å². The molecule has 0 atom stereocenters. The number of methoxy groups -OCH3 is 2. The van der Waals surface area contributed by atoms with Crippen LogP contribution in [0.1, 0.15) is 16.1 Å². The summed E-state index contributed by atoms with van der Waals surface area (Å²) in [5, 5.41) is 0.785. The first-order chi connectivity index (χ1) is 14.7. The van der Waals surface area contributed by atoms with Crippen LogP contribution in [0.2, 0.25) is 0 Å². The molecule has 0 unspecified atom stereocenters. The zero-order valence-electron chi connectivity index (χ0n) is 16.6. The van der Waals surface area contributed by atoms with E-state index in [1.807, 2.05) is 48.5 Å². The third-order valence-electron chi connectivity index (χ3n) is 4.59. The van der Waals surface area contributed by atoms with Gasteiger partial charge in [0.2, 0.25) is 11.5 Å². The number of carbonyl (C=O) groups is 1. The molecule has 0 aliphatic carbocycles. The monoisotopic (exact) mass is 404 g/mol. The lowest BCUT2D eigenvalue weighted by atomic mass is 10.1. The molecule has 6 heteroatoms. The Morgan fingerprint density at radius 1 is 0.833 bits per heavy atom. The van der Waals surface area contributed by atoms with Gasteiger partial charge in [-0.25, -0.2) is 4.79 Å². The standard InChI is InChI=1S/C24H20O6/c1-26-20-13-8-14-21(27-2)23(20)30-24(25)22-18(15-28-16-9-4-3-5-10-16)17-11-6-7-12-19(17)29-22/h3-14H,15H2,1-2H3. The van der Waals surface area contributed by atoms with Crippen LogP contribution >= 0.6 is 0 Å². The van der Waals surface area contributed by atoms with E-state index < -0.39 is 5.97 Å². The van der Waals surface area contributed by atoms with Crippen LogP contribution in [-0.4, -0.2) is 20.2 Å². The van der Waals surface area contributed by atoms with E-state index in [-0.39, 0.29) is 18.1 Å². The summed E-state index contributed by atoms with van der Waals surface area (Å²) in [6, 6.07) is 21.9. The van der Waals surface area contributed by atoms with Crippen LogP contribution in [0.4, 0.5) is 0 Å². The lowest BCUT2D eigenvalue weighted by molar-refractivity contribution is 0.0689. The second-order valence-electron chi connectivity index (χ2n) is 6.39. The van der Waals surface area contributed by atoms with Crippen molar-refractivity contribution >= 4 is 16.9 Å². The van der Waals surface area contributed by atoms with Crippen molar-refractivity contribution in [1.29, 1.82) is 0 Å². The van der Waals surface area contributed by atoms with Crippen molar-refractivity contribution in [2.45, 2.75) is 6.61 Å². The topological polar surface area (TPSA) is 67.1 Å². The zero-order valence-corrected chi connectivity index (χ0v) is 16.6. The highest BCUT2D eigenvalue weighted by Crippen LogP contribution is 2.38. The summed E-state index contributed by atoms with van der Waals surface area (Å²) in [4.78, 5) is 13.1. The zero-order chi connectivity index (χ0) is 20.9. The molecule has 3 aromatic carbocycles. The van der Waals surface area contributed by atoms with E-state index in [0.717, 1.165) is 5.39 Å². The Morgan fingerprint density at radius 3 is 2.20 bits per heavy atom. The number of fused-ring (bicyclic) bond motifs is 1. The predicted octanol–water partition coefficient (Wildman–Crippen LogP) is 5.25. The van der Waals surface area contributed by atoms with E-state index in [9.17, 15) is 4.79 Å². The normalized spacial score (nSPS) is 10.6. The van der Waals surface area contributed by atoms with Gasteiger partial charge in [0.25, 0.3) is 0 Å². The van der Waals surface area contributed by atoms with Gasteiger partial charge in [0.15, 0.2) is 11.5 Å². The van der Waals surface area contributed by atoms with Crippen molar-refractivity contribution in [3.63, 3.8) is 0 Å². The van der Waals surface area contributed by atoms with Gasteiger partial charge in [-0.15, -0.1) is 0 Å². The first-order valence-corrected chi connectivity index (χ1v) is 9.32. The molecule has 0 spiro atoms. The van der Waals surface area contributed by atoms with Gasteiger partial charge in [-0.2, -0.15) is 0 Å². The Labute approximate surface area is 173 Å². The number of esters is 1. The van der Waals surface area contributed by atoms with E-state index in [1.54, 1.807) is 24.3 Å². The molecule has 0 amide bonds. The fraction of sp³-hybridized carbons (Fsp3) is 0.125. The van der Waals surface area contributed by atoms with Gasteiger partial charge in [-0.1, -0.05) is 42.5 Å². The summed E-state index contributed by atoms with van der Waals surface area (Å²) in [7, 11) is 2.98. The van der Waals surface area contributed by atoms with E-state index in [1.165, 1.54) is 14.2 Å². The number of hydrogen-bond donors (Lipinski definition) is 0. The molecule has 0 N–H and O–H groups in total. The fourth-order valence-corrected chi connectivity index (χ4v) is 3.14. The SMILES string of the molecule is COc1cccc(OC)c1OC(=O)c1oc2ccccc2c1COc1ccccc1. The summed E-state index contributed by atoms with van der Waals surface area (Å²) in [6.45, 7) is 0.147. The average Bonchev–Trinajstić information content (AvgIpc) is 3.17. The molecule has 6 nitrogen and oxygen atoms in total. The minimum Gasteiger partial charge on any atom is -0.493 e. The smallest absolute Gasteiger partial charge is 0.380 e. The number of ether oxygens (including phenoxy) is 4. The molecule has 0 aliphatic heterocycles. The molecule has 0 bridgehead atoms. The van der Waals surface area contributed by atoms with Gasteiger partial charge in [-0.3, -0.25) is 0 Å². The van der Waals surface area contributed by atoms with Crippen LogP contribution in [0.25, 0.3) is 11.0 Å². The quantitative estimate of drug-likeness (QED) is 0.310. The largest absolute Gasteiger partial charge is 0.493 e. The minimum absolute atomic E-state index is 0.0695. The average molecular weight is 404 g/mol. The third-order valence-corrected chi connectivity index (χ3v) is 4.59. The first-order valence-electron chi connectivity index (χ1n) is 9.32. The van der Waals surface area contributed by atoms with Crippen molar-refractivity contribution in [3.05, 3.63) is 84.1 Å². The van der Waals surface area contributed by atoms with E-state index in [4.69, 9.17) is 23.4 Å². The Hall–Kier alpha value is -3.93. The summed E-state index contributed by atoms with van der Waals surface area (Å²) in [5.74, 6) is 1.03. The molecule has 152 valence electrons. The fourth-order valence-electron chi connectivity index (χ4n) is 3.14. The number of hydrogen-bond acceptors (Lipinski definition) is 6. The van der Waals surface area contributed by atoms with Crippen molar-refractivity contribution < 1.29 is 28.2 Å². The van der Waals surface area contributed by atoms with Gasteiger partial charge < -0.3 is 23.4 Å². The van der Waals surface area contributed by atoms with Crippen molar-refractivity contribution in [3.8, 4) is 23.0 Å². The van der Waals surface area contributed by atoms with Gasteiger partial charge in [0.1, 0.15) is 17.9 Å². The van der Waals surface area contributed by atoms with Crippen LogP contribution in [0.3, 0.4) is 0 Å². The van der Waals surface area contributed by atoms with Crippen LogP contribution in [0.15, 0.2) is 77.2 Å². The molecule has 1 aromatic heterocycles. The highest BCUT2D eigenvalue weighted by atomic mass is 16.6. The maximum atomic E-state index is 13.1. The van der Waals surface area contributed by atoms with Crippen LogP contribution in [-0.2, 0) is 6.61 Å². The van der Waals surface area contributed by atoms with Crippen molar-refractivity contribution in [2.75, 3.05) is 14.2 Å². The lowest BCUT2D eigenvalue weighted by Crippen LogP contribution is -2.12. The molecule has 4 rings (SSSR count). The minimum atomic E-state index is -0.666. The summed E-state index contributed by atoms with van der Waals surface area (Å²) < 4.78 is 27.9. The third kappa shape index (κ3) is 3.80. The number of para-hydroxylation sites is 3. The highest BCUT2D eigenvalue weighted by Gasteiger charge is 2.25. The molecule has 1 heterocycles. The Morgan fingerprint density at radius 2 is 1.50 bits per heavy atom. The number of rotatable bonds is 7. The predicted molar refractivity (Wildman–Crippen MR) is 111 cm³/mol. The van der Waals surface area contributed by atoms with Gasteiger partial charge in [-0.05, 0) is 30.3 Å². The molecule has 0 saturated heterocycles. The second-order valence-corrected chi connectivity index (χ2v) is 6.39. The van der Waals surface area contributed by atoms with Gasteiger partial charge in [0.05, 0.1) is 19.8 Å². The van der Waals surface area contributed by atoms with Crippen LogP contribution < -0.4 is 18.9 Å². The molecular weight excluding hydrogens is 384 g/mol. The maximum Gasteiger partial charge on any atom is 0.380 e. The van der Waals surface area contributed by atoms with Crippen LogP contribution in [0, 0.1) is 0 Å². The number of carbonyl (C=O) groups excluding carboxylic acids is 1. The first kappa shape index (κ1) is 19.4. The molecular formula is C24H20O6. The highest BCUT2D eigenvalue weighted by molar-refractivity contribution is 5.97. The lowest BCUT2D eigenvalue weighted by Gasteiger charge is -2.12. The summed E-state index contributed by atoms with van der Waals surface area (Å²) >= 11 is 0. The van der Waals surface area contributed by atoms with E-state index in [2.05, 4.69) is 0 Å². The Kier molecular flexibility index (Phi) is 5.57. The Bertz CT molecular complexity index is 1140.